The van der Waals surface area contributed by atoms with E-state index in [2.05, 4.69) is 20.3 Å². The van der Waals surface area contributed by atoms with Gasteiger partial charge in [0.2, 0.25) is 11.5 Å². The number of carboxylic acids is 1. The number of amides is 1. The number of nitrogens with one attached hydrogen (secondary N) is 1. The van der Waals surface area contributed by atoms with Crippen molar-refractivity contribution in [2.75, 3.05) is 11.1 Å². The summed E-state index contributed by atoms with van der Waals surface area (Å²) in [5.41, 5.74) is 5.56. The Labute approximate surface area is 100 Å². The van der Waals surface area contributed by atoms with Crippen molar-refractivity contribution in [2.45, 2.75) is 0 Å². The third-order valence-corrected chi connectivity index (χ3v) is 2.10. The average molecular weight is 248 g/mol. The number of hydrogen-bond donors (Lipinski definition) is 3. The van der Waals surface area contributed by atoms with Crippen LogP contribution in [0.3, 0.4) is 0 Å². The van der Waals surface area contributed by atoms with E-state index in [1.165, 1.54) is 24.3 Å². The second-order valence-corrected chi connectivity index (χ2v) is 3.34. The Kier molecular flexibility index (Phi) is 2.92. The van der Waals surface area contributed by atoms with Gasteiger partial charge in [-0.1, -0.05) is 6.07 Å². The molecule has 0 saturated heterocycles. The van der Waals surface area contributed by atoms with Gasteiger partial charge < -0.3 is 16.2 Å². The first-order chi connectivity index (χ1) is 8.58. The molecule has 92 valence electrons. The number of aromatic carboxylic acids is 1. The summed E-state index contributed by atoms with van der Waals surface area (Å²) in [4.78, 5) is 22.4. The Morgan fingerprint density at radius 3 is 2.72 bits per heavy atom. The maximum Gasteiger partial charge on any atom is 0.335 e. The highest BCUT2D eigenvalue weighted by Gasteiger charge is 2.16. The third-order valence-electron chi connectivity index (χ3n) is 2.10. The van der Waals surface area contributed by atoms with Crippen LogP contribution in [-0.4, -0.2) is 27.3 Å². The molecule has 0 bridgehead atoms. The van der Waals surface area contributed by atoms with E-state index < -0.39 is 11.9 Å². The summed E-state index contributed by atoms with van der Waals surface area (Å²) in [6, 6.07) is 5.76. The summed E-state index contributed by atoms with van der Waals surface area (Å²) in [6.07, 6.45) is 0. The summed E-state index contributed by atoms with van der Waals surface area (Å²) in [5.74, 6) is -1.85. The van der Waals surface area contributed by atoms with E-state index in [1.807, 2.05) is 0 Å². The average Bonchev–Trinajstić information content (AvgIpc) is 2.76. The summed E-state index contributed by atoms with van der Waals surface area (Å²) in [7, 11) is 0. The van der Waals surface area contributed by atoms with Crippen molar-refractivity contribution in [3.8, 4) is 0 Å². The highest BCUT2D eigenvalue weighted by molar-refractivity contribution is 6.05. The second kappa shape index (κ2) is 4.53. The van der Waals surface area contributed by atoms with Gasteiger partial charge >= 0.3 is 5.97 Å². The van der Waals surface area contributed by atoms with Crippen LogP contribution >= 0.6 is 0 Å². The number of nitrogens with zero attached hydrogens (tertiary/aromatic N) is 2. The van der Waals surface area contributed by atoms with Crippen LogP contribution in [0.4, 0.5) is 11.5 Å². The molecule has 0 radical (unpaired) electrons. The van der Waals surface area contributed by atoms with E-state index in [-0.39, 0.29) is 17.1 Å². The molecular formula is C10H8N4O4. The fraction of sp³-hybridized carbons (Fsp3) is 0. The van der Waals surface area contributed by atoms with Crippen molar-refractivity contribution in [2.24, 2.45) is 0 Å². The van der Waals surface area contributed by atoms with Crippen molar-refractivity contribution in [3.63, 3.8) is 0 Å². The molecule has 2 rings (SSSR count). The number of rotatable bonds is 3. The van der Waals surface area contributed by atoms with Crippen molar-refractivity contribution in [3.05, 3.63) is 35.5 Å². The van der Waals surface area contributed by atoms with Gasteiger partial charge in [0.1, 0.15) is 0 Å². The van der Waals surface area contributed by atoms with Crippen molar-refractivity contribution < 1.29 is 19.3 Å². The van der Waals surface area contributed by atoms with E-state index in [0.717, 1.165) is 0 Å². The quantitative estimate of drug-likeness (QED) is 0.724. The fourth-order valence-corrected chi connectivity index (χ4v) is 1.27. The summed E-state index contributed by atoms with van der Waals surface area (Å²) in [6.45, 7) is 0. The number of carboxylic acid groups (broad SMARTS) is 1. The molecule has 0 saturated carbocycles. The molecule has 1 aromatic heterocycles. The number of anilines is 2. The SMILES string of the molecule is Nc1nonc1C(=O)Nc1cccc(C(=O)O)c1. The Morgan fingerprint density at radius 2 is 2.11 bits per heavy atom. The number of carbonyl (C=O) groups excluding carboxylic acids is 1. The van der Waals surface area contributed by atoms with E-state index >= 15 is 0 Å². The van der Waals surface area contributed by atoms with Gasteiger partial charge in [0, 0.05) is 5.69 Å². The molecule has 0 fully saturated rings. The van der Waals surface area contributed by atoms with Crippen LogP contribution in [0.2, 0.25) is 0 Å². The molecule has 0 aliphatic heterocycles. The lowest BCUT2D eigenvalue weighted by molar-refractivity contribution is 0.0696. The van der Waals surface area contributed by atoms with Crippen LogP contribution in [0.25, 0.3) is 0 Å². The van der Waals surface area contributed by atoms with Crippen LogP contribution in [0.5, 0.6) is 0 Å². The molecule has 0 aliphatic carbocycles. The van der Waals surface area contributed by atoms with Crippen molar-refractivity contribution >= 4 is 23.4 Å². The minimum atomic E-state index is -1.09. The number of benzene rings is 1. The van der Waals surface area contributed by atoms with Crippen molar-refractivity contribution in [1.82, 2.24) is 10.3 Å². The monoisotopic (exact) mass is 248 g/mol. The fourth-order valence-electron chi connectivity index (χ4n) is 1.27. The Balaban J connectivity index is 2.20. The zero-order chi connectivity index (χ0) is 13.1. The number of aromatic nitrogens is 2. The Bertz CT molecular complexity index is 607. The van der Waals surface area contributed by atoms with Crippen LogP contribution in [0, 0.1) is 0 Å². The van der Waals surface area contributed by atoms with E-state index in [0.29, 0.717) is 5.69 Å². The summed E-state index contributed by atoms with van der Waals surface area (Å²) in [5, 5.41) is 17.8. The standard InChI is InChI=1S/C10H8N4O4/c11-8-7(13-18-14-8)9(15)12-6-3-1-2-5(4-6)10(16)17/h1-4H,(H2,11,14)(H,12,15)(H,16,17). The zero-order valence-electron chi connectivity index (χ0n) is 8.95. The molecule has 1 aromatic carbocycles. The summed E-state index contributed by atoms with van der Waals surface area (Å²) < 4.78 is 4.29. The predicted molar refractivity (Wildman–Crippen MR) is 60.1 cm³/mol. The van der Waals surface area contributed by atoms with Gasteiger partial charge in [-0.3, -0.25) is 4.79 Å². The van der Waals surface area contributed by atoms with Crippen molar-refractivity contribution in [1.29, 1.82) is 0 Å². The molecule has 0 spiro atoms. The molecule has 1 amide bonds. The van der Waals surface area contributed by atoms with E-state index in [9.17, 15) is 9.59 Å². The lowest BCUT2D eigenvalue weighted by Gasteiger charge is -2.03. The number of hydrogen-bond acceptors (Lipinski definition) is 6. The molecule has 0 unspecified atom stereocenters. The van der Waals surface area contributed by atoms with Gasteiger partial charge in [0.05, 0.1) is 5.56 Å². The lowest BCUT2D eigenvalue weighted by atomic mass is 10.2. The summed E-state index contributed by atoms with van der Waals surface area (Å²) >= 11 is 0. The maximum atomic E-state index is 11.7. The van der Waals surface area contributed by atoms with Crippen LogP contribution < -0.4 is 11.1 Å². The molecule has 8 heteroatoms. The first-order valence-corrected chi connectivity index (χ1v) is 4.80. The van der Waals surface area contributed by atoms with Crippen LogP contribution in [0.15, 0.2) is 28.9 Å². The largest absolute Gasteiger partial charge is 0.478 e. The number of carbonyl (C=O) groups is 2. The second-order valence-electron chi connectivity index (χ2n) is 3.34. The third kappa shape index (κ3) is 2.26. The van der Waals surface area contributed by atoms with Gasteiger partial charge in [-0.15, -0.1) is 0 Å². The smallest absolute Gasteiger partial charge is 0.335 e. The molecule has 8 nitrogen and oxygen atoms in total. The highest BCUT2D eigenvalue weighted by atomic mass is 16.6. The van der Waals surface area contributed by atoms with Gasteiger partial charge in [0.25, 0.3) is 5.91 Å². The van der Waals surface area contributed by atoms with Gasteiger partial charge in [-0.2, -0.15) is 0 Å². The Hall–Kier alpha value is -2.90. The molecule has 2 aromatic rings. The van der Waals surface area contributed by atoms with Gasteiger partial charge in [-0.25, -0.2) is 9.42 Å². The first-order valence-electron chi connectivity index (χ1n) is 4.80. The topological polar surface area (TPSA) is 131 Å². The minimum Gasteiger partial charge on any atom is -0.478 e. The molecule has 0 aliphatic rings. The molecule has 4 N–H and O–H groups in total. The maximum absolute atomic E-state index is 11.7. The van der Waals surface area contributed by atoms with E-state index in [4.69, 9.17) is 10.8 Å². The minimum absolute atomic E-state index is 0.0547. The van der Waals surface area contributed by atoms with Crippen LogP contribution in [0.1, 0.15) is 20.8 Å². The zero-order valence-corrected chi connectivity index (χ0v) is 8.95. The normalized spacial score (nSPS) is 10.0. The van der Waals surface area contributed by atoms with Gasteiger partial charge in [0.15, 0.2) is 0 Å². The van der Waals surface area contributed by atoms with Gasteiger partial charge in [-0.05, 0) is 28.5 Å². The number of nitrogens with two attached hydrogens (primary N) is 1. The molecule has 1 heterocycles. The molecular weight excluding hydrogens is 240 g/mol. The number of nitrogen functional groups attached to an aromatic ring is 1. The highest BCUT2D eigenvalue weighted by Crippen LogP contribution is 2.13. The molecule has 0 atom stereocenters. The molecule has 18 heavy (non-hydrogen) atoms. The predicted octanol–water partition coefficient (Wildman–Crippen LogP) is 0.602. The lowest BCUT2D eigenvalue weighted by Crippen LogP contribution is -2.14. The first kappa shape index (κ1) is 11.6. The Morgan fingerprint density at radius 1 is 1.33 bits per heavy atom. The van der Waals surface area contributed by atoms with Crippen LogP contribution in [-0.2, 0) is 0 Å². The van der Waals surface area contributed by atoms with E-state index in [1.54, 1.807) is 0 Å².